The molecule has 9 nitrogen and oxygen atoms in total. The average molecular weight is 396 g/mol. The van der Waals surface area contributed by atoms with Crippen LogP contribution in [-0.2, 0) is 14.4 Å². The van der Waals surface area contributed by atoms with Crippen molar-refractivity contribution in [3.63, 3.8) is 0 Å². The third kappa shape index (κ3) is 18.0. The molecule has 0 saturated heterocycles. The van der Waals surface area contributed by atoms with Crippen molar-refractivity contribution in [1.82, 2.24) is 9.80 Å². The van der Waals surface area contributed by atoms with E-state index >= 15 is 0 Å². The molecule has 0 saturated carbocycles. The maximum Gasteiger partial charge on any atom is 1.00 e. The largest absolute Gasteiger partial charge is 1.00 e. The van der Waals surface area contributed by atoms with Crippen LogP contribution in [0.5, 0.6) is 0 Å². The van der Waals surface area contributed by atoms with Gasteiger partial charge in [-0.15, -0.1) is 5.76 Å². The van der Waals surface area contributed by atoms with Gasteiger partial charge in [0.05, 0.1) is 19.3 Å². The van der Waals surface area contributed by atoms with E-state index in [0.717, 1.165) is 6.42 Å². The van der Waals surface area contributed by atoms with Crippen LogP contribution in [-0.4, -0.2) is 82.3 Å². The third-order valence-electron chi connectivity index (χ3n) is 3.70. The second-order valence-electron chi connectivity index (χ2n) is 6.01. The molecule has 0 aromatic heterocycles. The summed E-state index contributed by atoms with van der Waals surface area (Å²) in [4.78, 5) is 35.7. The minimum atomic E-state index is -0.975. The summed E-state index contributed by atoms with van der Waals surface area (Å²) in [6, 6.07) is 0. The standard InChI is InChI=1S/C17H30N2O7.Na/c1-2-3-4-14(20)13-19(10-7-17(25)26)12-11-18(8-5-15(21)22)9-6-16(23)24;/h4,20H,2-3,5-13H2,1H3,(H,21,22)(H,23,24)(H,25,26);/q;+1/p-1/b14-4-;. The van der Waals surface area contributed by atoms with Crippen LogP contribution in [0, 0.1) is 0 Å². The Morgan fingerprint density at radius 3 is 1.63 bits per heavy atom. The van der Waals surface area contributed by atoms with E-state index in [1.54, 1.807) is 15.9 Å². The topological polar surface area (TPSA) is 141 Å². The number of rotatable bonds is 16. The van der Waals surface area contributed by atoms with Gasteiger partial charge in [0, 0.05) is 39.3 Å². The Bertz CT molecular complexity index is 468. The summed E-state index contributed by atoms with van der Waals surface area (Å²) in [6.07, 6.45) is 2.76. The molecule has 0 unspecified atom stereocenters. The molecule has 0 atom stereocenters. The molecule has 0 amide bonds. The van der Waals surface area contributed by atoms with Gasteiger partial charge in [-0.05, 0) is 6.42 Å². The molecule has 0 bridgehead atoms. The Morgan fingerprint density at radius 2 is 1.22 bits per heavy atom. The smallest absolute Gasteiger partial charge is 0.875 e. The van der Waals surface area contributed by atoms with Crippen molar-refractivity contribution < 1.29 is 64.4 Å². The number of unbranched alkanes of at least 4 members (excludes halogenated alkanes) is 1. The average Bonchev–Trinajstić information content (AvgIpc) is 2.56. The molecule has 0 rings (SSSR count). The molecule has 150 valence electrons. The molecule has 0 radical (unpaired) electrons. The van der Waals surface area contributed by atoms with Crippen LogP contribution in [0.2, 0.25) is 0 Å². The fourth-order valence-electron chi connectivity index (χ4n) is 2.24. The van der Waals surface area contributed by atoms with Crippen molar-refractivity contribution in [3.05, 3.63) is 11.8 Å². The first-order valence-corrected chi connectivity index (χ1v) is 8.70. The van der Waals surface area contributed by atoms with Crippen LogP contribution in [0.25, 0.3) is 0 Å². The van der Waals surface area contributed by atoms with Gasteiger partial charge in [-0.1, -0.05) is 19.4 Å². The van der Waals surface area contributed by atoms with Crippen LogP contribution < -0.4 is 34.7 Å². The first-order valence-electron chi connectivity index (χ1n) is 8.70. The second kappa shape index (κ2) is 17.0. The zero-order valence-electron chi connectivity index (χ0n) is 16.2. The van der Waals surface area contributed by atoms with Crippen molar-refractivity contribution >= 4 is 17.9 Å². The van der Waals surface area contributed by atoms with Crippen molar-refractivity contribution in [3.8, 4) is 0 Å². The van der Waals surface area contributed by atoms with E-state index in [4.69, 9.17) is 15.3 Å². The Labute approximate surface area is 181 Å². The van der Waals surface area contributed by atoms with E-state index in [-0.39, 0.29) is 80.8 Å². The zero-order chi connectivity index (χ0) is 19.9. The van der Waals surface area contributed by atoms with E-state index < -0.39 is 17.9 Å². The van der Waals surface area contributed by atoms with Crippen LogP contribution in [0.3, 0.4) is 0 Å². The monoisotopic (exact) mass is 396 g/mol. The summed E-state index contributed by atoms with van der Waals surface area (Å²) in [5.74, 6) is -3.00. The van der Waals surface area contributed by atoms with Crippen LogP contribution in [0.15, 0.2) is 11.8 Å². The molecule has 0 heterocycles. The molecule has 3 N–H and O–H groups in total. The molecular weight excluding hydrogens is 367 g/mol. The third-order valence-corrected chi connectivity index (χ3v) is 3.70. The molecule has 0 aromatic carbocycles. The maximum atomic E-state index is 11.9. The van der Waals surface area contributed by atoms with E-state index in [0.29, 0.717) is 19.5 Å². The van der Waals surface area contributed by atoms with Gasteiger partial charge in [-0.2, -0.15) is 0 Å². The normalized spacial score (nSPS) is 11.4. The Hall–Kier alpha value is -1.13. The maximum absolute atomic E-state index is 11.9. The molecule has 0 fully saturated rings. The predicted molar refractivity (Wildman–Crippen MR) is 92.6 cm³/mol. The Balaban J connectivity index is 0. The van der Waals surface area contributed by atoms with Gasteiger partial charge in [0.2, 0.25) is 0 Å². The quantitative estimate of drug-likeness (QED) is 0.185. The number of carboxylic acid groups (broad SMARTS) is 3. The van der Waals surface area contributed by atoms with Gasteiger partial charge in [-0.25, -0.2) is 0 Å². The Kier molecular flexibility index (Phi) is 17.7. The minimum absolute atomic E-state index is 0. The van der Waals surface area contributed by atoms with Gasteiger partial charge in [0.25, 0.3) is 0 Å². The molecule has 0 aromatic rings. The van der Waals surface area contributed by atoms with Crippen molar-refractivity contribution in [2.45, 2.75) is 39.0 Å². The van der Waals surface area contributed by atoms with E-state index in [2.05, 4.69) is 0 Å². The van der Waals surface area contributed by atoms with Crippen molar-refractivity contribution in [2.75, 3.05) is 39.3 Å². The van der Waals surface area contributed by atoms with Gasteiger partial charge in [0.1, 0.15) is 0 Å². The molecule has 10 heteroatoms. The second-order valence-corrected chi connectivity index (χ2v) is 6.01. The summed E-state index contributed by atoms with van der Waals surface area (Å²) >= 11 is 0. The summed E-state index contributed by atoms with van der Waals surface area (Å²) in [7, 11) is 0. The predicted octanol–water partition coefficient (Wildman–Crippen LogP) is -2.94. The number of carboxylic acids is 3. The van der Waals surface area contributed by atoms with E-state index in [1.165, 1.54) is 0 Å². The SMILES string of the molecule is CCC/C=C(\[O-])CN(CCC(=O)O)CCN(CCC(=O)O)CCC(=O)O.[Na+]. The van der Waals surface area contributed by atoms with E-state index in [9.17, 15) is 19.5 Å². The molecule has 0 aliphatic heterocycles. The van der Waals surface area contributed by atoms with Gasteiger partial charge < -0.3 is 25.3 Å². The first-order chi connectivity index (χ1) is 12.2. The summed E-state index contributed by atoms with van der Waals surface area (Å²) in [6.45, 7) is 3.37. The molecule has 0 aliphatic carbocycles. The number of hydrogen-bond donors (Lipinski definition) is 3. The minimum Gasteiger partial charge on any atom is -0.875 e. The van der Waals surface area contributed by atoms with Crippen LogP contribution in [0.4, 0.5) is 0 Å². The molecular formula is C17H29N2NaO7. The number of allylic oxidation sites excluding steroid dienone is 1. The zero-order valence-corrected chi connectivity index (χ0v) is 18.2. The van der Waals surface area contributed by atoms with E-state index in [1.807, 2.05) is 6.92 Å². The van der Waals surface area contributed by atoms with Gasteiger partial charge in [0.15, 0.2) is 0 Å². The van der Waals surface area contributed by atoms with Crippen LogP contribution >= 0.6 is 0 Å². The molecule has 0 spiro atoms. The molecule has 0 aliphatic rings. The fourth-order valence-corrected chi connectivity index (χ4v) is 2.24. The van der Waals surface area contributed by atoms with Gasteiger partial charge >= 0.3 is 47.5 Å². The number of hydrogen-bond acceptors (Lipinski definition) is 6. The number of nitrogens with zero attached hydrogens (tertiary/aromatic N) is 2. The summed E-state index contributed by atoms with van der Waals surface area (Å²) < 4.78 is 0. The number of carbonyl (C=O) groups is 3. The number of aliphatic carboxylic acids is 3. The van der Waals surface area contributed by atoms with Crippen molar-refractivity contribution in [1.29, 1.82) is 0 Å². The van der Waals surface area contributed by atoms with Gasteiger partial charge in [-0.3, -0.25) is 19.3 Å². The summed E-state index contributed by atoms with van der Waals surface area (Å²) in [5.41, 5.74) is 0. The van der Waals surface area contributed by atoms with Crippen molar-refractivity contribution in [2.24, 2.45) is 0 Å². The Morgan fingerprint density at radius 1 is 0.815 bits per heavy atom. The fraction of sp³-hybridized carbons (Fsp3) is 0.706. The van der Waals surface area contributed by atoms with Crippen LogP contribution in [0.1, 0.15) is 39.0 Å². The summed E-state index contributed by atoms with van der Waals surface area (Å²) in [5, 5.41) is 38.4. The first kappa shape index (κ1) is 28.1. The molecule has 27 heavy (non-hydrogen) atoms.